The summed E-state index contributed by atoms with van der Waals surface area (Å²) >= 11 is 0. The van der Waals surface area contributed by atoms with Crippen LogP contribution in [-0.2, 0) is 0 Å². The van der Waals surface area contributed by atoms with Crippen LogP contribution in [0.2, 0.25) is 0 Å². The Labute approximate surface area is 91.3 Å². The first-order chi connectivity index (χ1) is 7.03. The summed E-state index contributed by atoms with van der Waals surface area (Å²) in [6, 6.07) is 2.01. The molecule has 84 valence electrons. The number of hydrogen-bond donors (Lipinski definition) is 2. The van der Waals surface area contributed by atoms with Crippen molar-refractivity contribution < 1.29 is 0 Å². The number of hydrogen-bond acceptors (Lipinski definition) is 4. The van der Waals surface area contributed by atoms with Gasteiger partial charge in [-0.3, -0.25) is 11.3 Å². The third kappa shape index (κ3) is 4.36. The molecule has 0 saturated heterocycles. The van der Waals surface area contributed by atoms with Crippen LogP contribution in [0.4, 0.5) is 0 Å². The summed E-state index contributed by atoms with van der Waals surface area (Å²) in [7, 11) is 0. The van der Waals surface area contributed by atoms with E-state index in [1.165, 1.54) is 0 Å². The fraction of sp³-hybridized carbons (Fsp3) is 0.636. The minimum Gasteiger partial charge on any atom is -0.271 e. The van der Waals surface area contributed by atoms with Gasteiger partial charge in [0.15, 0.2) is 0 Å². The standard InChI is InChI=1S/C11H20N4/c1-11(2,3)6-4-10(15-12)9-5-7-13-8-14-9/h5,7-8,10,15H,4,6,12H2,1-3H3. The largest absolute Gasteiger partial charge is 0.271 e. The van der Waals surface area contributed by atoms with Crippen LogP contribution in [0.1, 0.15) is 45.3 Å². The smallest absolute Gasteiger partial charge is 0.115 e. The summed E-state index contributed by atoms with van der Waals surface area (Å²) in [6.07, 6.45) is 5.38. The van der Waals surface area contributed by atoms with Crippen LogP contribution < -0.4 is 11.3 Å². The van der Waals surface area contributed by atoms with Gasteiger partial charge in [-0.2, -0.15) is 0 Å². The first-order valence-electron chi connectivity index (χ1n) is 5.25. The van der Waals surface area contributed by atoms with E-state index in [0.29, 0.717) is 5.41 Å². The Morgan fingerprint density at radius 3 is 2.67 bits per heavy atom. The quantitative estimate of drug-likeness (QED) is 0.585. The Hall–Kier alpha value is -1.00. The molecule has 0 radical (unpaired) electrons. The zero-order valence-corrected chi connectivity index (χ0v) is 9.70. The summed E-state index contributed by atoms with van der Waals surface area (Å²) in [5.74, 6) is 5.52. The molecule has 0 bridgehead atoms. The van der Waals surface area contributed by atoms with Crippen molar-refractivity contribution in [2.75, 3.05) is 0 Å². The minimum absolute atomic E-state index is 0.118. The van der Waals surface area contributed by atoms with Crippen molar-refractivity contribution in [2.24, 2.45) is 11.3 Å². The topological polar surface area (TPSA) is 63.8 Å². The Kier molecular flexibility index (Phi) is 4.17. The number of rotatable bonds is 4. The third-order valence-corrected chi connectivity index (χ3v) is 2.35. The molecule has 4 nitrogen and oxygen atoms in total. The number of nitrogens with zero attached hydrogens (tertiary/aromatic N) is 2. The van der Waals surface area contributed by atoms with Gasteiger partial charge in [0.05, 0.1) is 11.7 Å². The van der Waals surface area contributed by atoms with Crippen molar-refractivity contribution in [3.05, 3.63) is 24.3 Å². The molecule has 15 heavy (non-hydrogen) atoms. The molecule has 0 aliphatic heterocycles. The predicted molar refractivity (Wildman–Crippen MR) is 60.8 cm³/mol. The first kappa shape index (κ1) is 12.1. The summed E-state index contributed by atoms with van der Waals surface area (Å²) in [5.41, 5.74) is 4.08. The molecule has 1 rings (SSSR count). The van der Waals surface area contributed by atoms with Gasteiger partial charge >= 0.3 is 0 Å². The molecule has 0 aromatic carbocycles. The minimum atomic E-state index is 0.118. The molecule has 1 atom stereocenters. The van der Waals surface area contributed by atoms with E-state index in [2.05, 4.69) is 36.2 Å². The van der Waals surface area contributed by atoms with Gasteiger partial charge in [-0.25, -0.2) is 9.97 Å². The summed E-state index contributed by atoms with van der Waals surface area (Å²) in [4.78, 5) is 8.09. The number of nitrogens with one attached hydrogen (secondary N) is 1. The third-order valence-electron chi connectivity index (χ3n) is 2.35. The van der Waals surface area contributed by atoms with Gasteiger partial charge in [0.25, 0.3) is 0 Å². The highest BCUT2D eigenvalue weighted by atomic mass is 15.2. The number of aromatic nitrogens is 2. The highest BCUT2D eigenvalue weighted by molar-refractivity contribution is 5.04. The second-order valence-corrected chi connectivity index (χ2v) is 4.95. The van der Waals surface area contributed by atoms with Gasteiger partial charge in [-0.15, -0.1) is 0 Å². The highest BCUT2D eigenvalue weighted by Gasteiger charge is 2.16. The van der Waals surface area contributed by atoms with Crippen LogP contribution >= 0.6 is 0 Å². The number of hydrazine groups is 1. The maximum absolute atomic E-state index is 5.52. The highest BCUT2D eigenvalue weighted by Crippen LogP contribution is 2.25. The van der Waals surface area contributed by atoms with Crippen LogP contribution in [0.5, 0.6) is 0 Å². The molecule has 0 aliphatic carbocycles. The second-order valence-electron chi connectivity index (χ2n) is 4.95. The van der Waals surface area contributed by atoms with Crippen LogP contribution in [0.25, 0.3) is 0 Å². The fourth-order valence-electron chi connectivity index (χ4n) is 1.40. The molecule has 1 unspecified atom stereocenters. The van der Waals surface area contributed by atoms with E-state index >= 15 is 0 Å². The summed E-state index contributed by atoms with van der Waals surface area (Å²) in [5, 5.41) is 0. The van der Waals surface area contributed by atoms with Gasteiger partial charge in [0.1, 0.15) is 6.33 Å². The zero-order valence-electron chi connectivity index (χ0n) is 9.70. The summed E-state index contributed by atoms with van der Waals surface area (Å²) < 4.78 is 0. The van der Waals surface area contributed by atoms with Crippen molar-refractivity contribution in [1.82, 2.24) is 15.4 Å². The molecule has 1 aromatic rings. The molecule has 0 fully saturated rings. The van der Waals surface area contributed by atoms with Crippen molar-refractivity contribution >= 4 is 0 Å². The van der Waals surface area contributed by atoms with Gasteiger partial charge in [0, 0.05) is 6.20 Å². The molecular weight excluding hydrogens is 188 g/mol. The van der Waals surface area contributed by atoms with E-state index in [-0.39, 0.29) is 6.04 Å². The second kappa shape index (κ2) is 5.19. The fourth-order valence-corrected chi connectivity index (χ4v) is 1.40. The SMILES string of the molecule is CC(C)(C)CCC(NN)c1ccncn1. The Balaban J connectivity index is 2.58. The Morgan fingerprint density at radius 1 is 1.47 bits per heavy atom. The maximum atomic E-state index is 5.52. The van der Waals surface area contributed by atoms with Crippen molar-refractivity contribution in [1.29, 1.82) is 0 Å². The first-order valence-corrected chi connectivity index (χ1v) is 5.25. The summed E-state index contributed by atoms with van der Waals surface area (Å²) in [6.45, 7) is 6.67. The normalized spacial score (nSPS) is 13.9. The lowest BCUT2D eigenvalue weighted by atomic mass is 9.88. The van der Waals surface area contributed by atoms with Crippen molar-refractivity contribution in [2.45, 2.75) is 39.7 Å². The van der Waals surface area contributed by atoms with Crippen LogP contribution in [-0.4, -0.2) is 9.97 Å². The lowest BCUT2D eigenvalue weighted by Gasteiger charge is -2.22. The van der Waals surface area contributed by atoms with Gasteiger partial charge < -0.3 is 0 Å². The van der Waals surface area contributed by atoms with E-state index in [1.54, 1.807) is 12.5 Å². The average Bonchev–Trinajstić information content (AvgIpc) is 2.19. The molecule has 0 amide bonds. The van der Waals surface area contributed by atoms with Gasteiger partial charge in [0.2, 0.25) is 0 Å². The molecule has 3 N–H and O–H groups in total. The van der Waals surface area contributed by atoms with E-state index in [1.807, 2.05) is 6.07 Å². The van der Waals surface area contributed by atoms with E-state index in [0.717, 1.165) is 18.5 Å². The lowest BCUT2D eigenvalue weighted by molar-refractivity contribution is 0.331. The van der Waals surface area contributed by atoms with E-state index < -0.39 is 0 Å². The Morgan fingerprint density at radius 2 is 2.20 bits per heavy atom. The molecule has 1 aromatic heterocycles. The van der Waals surface area contributed by atoms with Crippen molar-refractivity contribution in [3.8, 4) is 0 Å². The van der Waals surface area contributed by atoms with Gasteiger partial charge in [-0.05, 0) is 24.3 Å². The average molecular weight is 208 g/mol. The molecular formula is C11H20N4. The predicted octanol–water partition coefficient (Wildman–Crippen LogP) is 1.81. The molecule has 0 aliphatic rings. The maximum Gasteiger partial charge on any atom is 0.115 e. The molecule has 0 spiro atoms. The van der Waals surface area contributed by atoms with Crippen LogP contribution in [0.15, 0.2) is 18.6 Å². The van der Waals surface area contributed by atoms with E-state index in [4.69, 9.17) is 5.84 Å². The molecule has 1 heterocycles. The van der Waals surface area contributed by atoms with Gasteiger partial charge in [-0.1, -0.05) is 20.8 Å². The zero-order chi connectivity index (χ0) is 11.3. The molecule has 0 saturated carbocycles. The Bertz CT molecular complexity index is 278. The van der Waals surface area contributed by atoms with E-state index in [9.17, 15) is 0 Å². The lowest BCUT2D eigenvalue weighted by Crippen LogP contribution is -2.29. The monoisotopic (exact) mass is 208 g/mol. The van der Waals surface area contributed by atoms with Crippen molar-refractivity contribution in [3.63, 3.8) is 0 Å². The molecule has 4 heteroatoms. The number of nitrogens with two attached hydrogens (primary N) is 1. The van der Waals surface area contributed by atoms with Crippen LogP contribution in [0.3, 0.4) is 0 Å². The van der Waals surface area contributed by atoms with Crippen LogP contribution in [0, 0.1) is 5.41 Å².